The predicted octanol–water partition coefficient (Wildman–Crippen LogP) is -1.43. The number of imidazole rings is 1. The number of aromatic nitrogens is 2. The summed E-state index contributed by atoms with van der Waals surface area (Å²) in [4.78, 5) is 37.8. The Bertz CT molecular complexity index is 1000. The third-order valence-corrected chi connectivity index (χ3v) is 4.13. The van der Waals surface area contributed by atoms with E-state index >= 15 is 0 Å². The Hall–Kier alpha value is -2.80. The van der Waals surface area contributed by atoms with Gasteiger partial charge in [-0.1, -0.05) is 24.3 Å². The van der Waals surface area contributed by atoms with Gasteiger partial charge in [-0.2, -0.15) is 0 Å². The molecule has 1 aromatic carbocycles. The predicted molar refractivity (Wildman–Crippen MR) is 82.0 cm³/mol. The number of rotatable bonds is 3. The Morgan fingerprint density at radius 1 is 1.08 bits per heavy atom. The van der Waals surface area contributed by atoms with Gasteiger partial charge in [0.25, 0.3) is 0 Å². The minimum absolute atomic E-state index is 0. The first kappa shape index (κ1) is 17.0. The molecule has 4 rings (SSSR count). The zero-order valence-electron chi connectivity index (χ0n) is 13.2. The first-order valence-corrected chi connectivity index (χ1v) is 7.42. The maximum Gasteiger partial charge on any atom is 0.245 e. The minimum atomic E-state index is -0.266. The summed E-state index contributed by atoms with van der Waals surface area (Å²) < 4.78 is 8.20. The summed E-state index contributed by atoms with van der Waals surface area (Å²) >= 11 is 0. The molecule has 0 amide bonds. The highest BCUT2D eigenvalue weighted by Crippen LogP contribution is 2.25. The second-order valence-corrected chi connectivity index (χ2v) is 5.66. The third-order valence-electron chi connectivity index (χ3n) is 4.13. The maximum absolute atomic E-state index is 12.8. The fraction of sp³-hybridized carbons (Fsp3) is 0.111. The fourth-order valence-corrected chi connectivity index (χ4v) is 3.06. The highest BCUT2D eigenvalue weighted by atomic mass is 79.9. The Kier molecular flexibility index (Phi) is 4.26. The minimum Gasteiger partial charge on any atom is -1.00 e. The van der Waals surface area contributed by atoms with Gasteiger partial charge in [0.2, 0.25) is 35.1 Å². The lowest BCUT2D eigenvalue weighted by Crippen LogP contribution is -3.00. The van der Waals surface area contributed by atoms with E-state index in [9.17, 15) is 14.4 Å². The first-order valence-electron chi connectivity index (χ1n) is 7.42. The topological polar surface area (TPSA) is 73.2 Å². The van der Waals surface area contributed by atoms with Crippen molar-refractivity contribution in [3.63, 3.8) is 0 Å². The molecule has 7 heteroatoms. The van der Waals surface area contributed by atoms with Gasteiger partial charge in [0.1, 0.15) is 0 Å². The van der Waals surface area contributed by atoms with Crippen LogP contribution in [0.2, 0.25) is 0 Å². The van der Waals surface area contributed by atoms with Crippen LogP contribution < -0.4 is 21.5 Å². The summed E-state index contributed by atoms with van der Waals surface area (Å²) in [6, 6.07) is 9.92. The molecule has 0 atom stereocenters. The van der Waals surface area contributed by atoms with Gasteiger partial charge in [-0.05, 0) is 12.1 Å². The number of ketones is 3. The molecule has 25 heavy (non-hydrogen) atoms. The molecular formula is C18H13BrN2O4. The van der Waals surface area contributed by atoms with Gasteiger partial charge in [-0.25, -0.2) is 9.13 Å². The number of hydrogen-bond donors (Lipinski definition) is 0. The van der Waals surface area contributed by atoms with Crippen LogP contribution in [0.1, 0.15) is 42.7 Å². The van der Waals surface area contributed by atoms with Crippen LogP contribution in [-0.2, 0) is 13.6 Å². The lowest BCUT2D eigenvalue weighted by Gasteiger charge is -2.12. The lowest BCUT2D eigenvalue weighted by molar-refractivity contribution is -0.672. The molecule has 0 saturated heterocycles. The Labute approximate surface area is 153 Å². The molecule has 1 aliphatic rings. The normalized spacial score (nSPS) is 12.4. The number of halogens is 1. The molecule has 2 aromatic heterocycles. The third kappa shape index (κ3) is 2.56. The number of aryl methyl sites for hydroxylation is 1. The first-order chi connectivity index (χ1) is 11.6. The monoisotopic (exact) mass is 400 g/mol. The summed E-state index contributed by atoms with van der Waals surface area (Å²) in [5, 5.41) is 0. The van der Waals surface area contributed by atoms with E-state index < -0.39 is 0 Å². The molecule has 126 valence electrons. The van der Waals surface area contributed by atoms with Crippen molar-refractivity contribution in [2.75, 3.05) is 0 Å². The van der Waals surface area contributed by atoms with E-state index in [2.05, 4.69) is 0 Å². The molecule has 3 aromatic rings. The van der Waals surface area contributed by atoms with Gasteiger partial charge < -0.3 is 21.4 Å². The Balaban J connectivity index is 0.00000182. The zero-order chi connectivity index (χ0) is 16.8. The van der Waals surface area contributed by atoms with Crippen molar-refractivity contribution in [2.45, 2.75) is 6.54 Å². The number of furan rings is 1. The summed E-state index contributed by atoms with van der Waals surface area (Å²) in [7, 11) is 1.69. The van der Waals surface area contributed by atoms with Crippen LogP contribution in [-0.4, -0.2) is 21.9 Å². The molecule has 6 nitrogen and oxygen atoms in total. The molecule has 0 aliphatic heterocycles. The van der Waals surface area contributed by atoms with Crippen LogP contribution in [0.25, 0.3) is 0 Å². The van der Waals surface area contributed by atoms with Crippen LogP contribution in [0.4, 0.5) is 0 Å². The second-order valence-electron chi connectivity index (χ2n) is 5.66. The van der Waals surface area contributed by atoms with Crippen LogP contribution in [0.3, 0.4) is 0 Å². The standard InChI is InChI=1S/C18H13N2O4.BrH/c1-19-10-20(9-13(21)14-7-4-8-24-14)16-15(19)17(22)11-5-2-3-6-12(11)18(16)23;/h2-8,10H,9H2,1H3;1H/q+1;/p-1. The van der Waals surface area contributed by atoms with Crippen LogP contribution in [0, 0.1) is 0 Å². The van der Waals surface area contributed by atoms with Gasteiger partial charge in [0.15, 0.2) is 12.3 Å². The largest absolute Gasteiger partial charge is 1.00 e. The number of nitrogens with zero attached hydrogens (tertiary/aromatic N) is 2. The van der Waals surface area contributed by atoms with Crippen molar-refractivity contribution >= 4 is 17.3 Å². The van der Waals surface area contributed by atoms with E-state index in [1.165, 1.54) is 10.8 Å². The summed E-state index contributed by atoms with van der Waals surface area (Å²) in [5.41, 5.74) is 1.29. The van der Waals surface area contributed by atoms with Crippen molar-refractivity contribution in [3.8, 4) is 0 Å². The number of benzene rings is 1. The number of fused-ring (bicyclic) bond motifs is 2. The number of carbonyl (C=O) groups excluding carboxylic acids is 3. The summed E-state index contributed by atoms with van der Waals surface area (Å²) in [6.07, 6.45) is 3.01. The lowest BCUT2D eigenvalue weighted by atomic mass is 9.90. The Morgan fingerprint density at radius 2 is 1.76 bits per heavy atom. The molecule has 0 saturated carbocycles. The van der Waals surface area contributed by atoms with Gasteiger partial charge in [0, 0.05) is 11.1 Å². The SMILES string of the molecule is C[n+]1cn(CC(=O)c2ccco2)c2c1C(=O)c1ccccc1C2=O.[Br-]. The van der Waals surface area contributed by atoms with Crippen LogP contribution in [0.15, 0.2) is 53.4 Å². The highest BCUT2D eigenvalue weighted by Gasteiger charge is 2.40. The van der Waals surface area contributed by atoms with E-state index in [1.54, 1.807) is 54.3 Å². The molecule has 0 fully saturated rings. The number of Topliss-reactive ketones (excluding diaryl/α,β-unsaturated/α-hetero) is 1. The van der Waals surface area contributed by atoms with E-state index in [4.69, 9.17) is 4.42 Å². The van der Waals surface area contributed by atoms with Crippen molar-refractivity contribution in [2.24, 2.45) is 7.05 Å². The summed E-state index contributed by atoms with van der Waals surface area (Å²) in [6.45, 7) is -0.0716. The molecular weight excluding hydrogens is 388 g/mol. The second kappa shape index (κ2) is 6.25. The molecule has 2 heterocycles. The fourth-order valence-electron chi connectivity index (χ4n) is 3.06. The number of carbonyl (C=O) groups is 3. The highest BCUT2D eigenvalue weighted by molar-refractivity contribution is 6.26. The van der Waals surface area contributed by atoms with E-state index in [0.717, 1.165) is 0 Å². The van der Waals surface area contributed by atoms with Gasteiger partial charge in [0.05, 0.1) is 13.3 Å². The molecule has 0 unspecified atom stereocenters. The molecule has 0 N–H and O–H groups in total. The van der Waals surface area contributed by atoms with Crippen molar-refractivity contribution in [3.05, 3.63) is 77.3 Å². The molecule has 0 radical (unpaired) electrons. The van der Waals surface area contributed by atoms with Crippen LogP contribution >= 0.6 is 0 Å². The average molecular weight is 401 g/mol. The zero-order valence-corrected chi connectivity index (χ0v) is 14.8. The molecule has 0 spiro atoms. The van der Waals surface area contributed by atoms with Gasteiger partial charge >= 0.3 is 0 Å². The maximum atomic E-state index is 12.8. The molecule has 0 bridgehead atoms. The average Bonchev–Trinajstić information content (AvgIpc) is 3.21. The smallest absolute Gasteiger partial charge is 0.245 e. The van der Waals surface area contributed by atoms with E-state index in [-0.39, 0.29) is 52.3 Å². The van der Waals surface area contributed by atoms with Crippen molar-refractivity contribution in [1.29, 1.82) is 0 Å². The quantitative estimate of drug-likeness (QED) is 0.312. The summed E-state index contributed by atoms with van der Waals surface area (Å²) in [5.74, 6) is -0.521. The van der Waals surface area contributed by atoms with Crippen LogP contribution in [0.5, 0.6) is 0 Å². The molecule has 1 aliphatic carbocycles. The van der Waals surface area contributed by atoms with E-state index in [0.29, 0.717) is 16.8 Å². The van der Waals surface area contributed by atoms with Gasteiger partial charge in [-0.3, -0.25) is 14.4 Å². The van der Waals surface area contributed by atoms with E-state index in [1.807, 2.05) is 0 Å². The number of hydrogen-bond acceptors (Lipinski definition) is 4. The van der Waals surface area contributed by atoms with Crippen molar-refractivity contribution < 1.29 is 40.3 Å². The van der Waals surface area contributed by atoms with Gasteiger partial charge in [-0.15, -0.1) is 0 Å². The Morgan fingerprint density at radius 3 is 2.40 bits per heavy atom. The van der Waals surface area contributed by atoms with Crippen molar-refractivity contribution in [1.82, 2.24) is 4.57 Å².